The van der Waals surface area contributed by atoms with Crippen LogP contribution in [0.2, 0.25) is 0 Å². The van der Waals surface area contributed by atoms with Crippen molar-refractivity contribution in [1.82, 2.24) is 5.32 Å². The molecular weight excluding hydrogens is 286 g/mol. The number of nitrogens with one attached hydrogen (secondary N) is 1. The van der Waals surface area contributed by atoms with Crippen LogP contribution in [0.3, 0.4) is 0 Å². The van der Waals surface area contributed by atoms with Gasteiger partial charge in [0.2, 0.25) is 0 Å². The first-order valence-electron chi connectivity index (χ1n) is 7.46. The minimum Gasteiger partial charge on any atom is -0.486 e. The maximum atomic E-state index is 11.9. The Labute approximate surface area is 129 Å². The van der Waals surface area contributed by atoms with Gasteiger partial charge >= 0.3 is 5.97 Å². The van der Waals surface area contributed by atoms with Crippen LogP contribution in [0, 0.1) is 0 Å². The highest BCUT2D eigenvalue weighted by atomic mass is 16.6. The second-order valence-corrected chi connectivity index (χ2v) is 5.19. The number of carbonyl (C=O) groups is 2. The smallest absolute Gasteiger partial charge is 0.338 e. The second kappa shape index (κ2) is 7.68. The molecule has 1 amide bonds. The van der Waals surface area contributed by atoms with Gasteiger partial charge in [-0.2, -0.15) is 0 Å². The van der Waals surface area contributed by atoms with Crippen molar-refractivity contribution in [3.05, 3.63) is 23.8 Å². The molecule has 0 aliphatic carbocycles. The Balaban J connectivity index is 1.86. The third kappa shape index (κ3) is 4.38. The van der Waals surface area contributed by atoms with Crippen LogP contribution in [0.4, 0.5) is 0 Å². The van der Waals surface area contributed by atoms with Crippen molar-refractivity contribution in [3.8, 4) is 11.5 Å². The maximum Gasteiger partial charge on any atom is 0.338 e. The summed E-state index contributed by atoms with van der Waals surface area (Å²) in [5.41, 5.74) is 0.332. The number of benzene rings is 1. The van der Waals surface area contributed by atoms with Gasteiger partial charge in [-0.25, -0.2) is 4.79 Å². The molecule has 22 heavy (non-hydrogen) atoms. The predicted molar refractivity (Wildman–Crippen MR) is 80.2 cm³/mol. The van der Waals surface area contributed by atoms with Crippen LogP contribution >= 0.6 is 0 Å². The fourth-order valence-corrected chi connectivity index (χ4v) is 2.21. The van der Waals surface area contributed by atoms with Crippen molar-refractivity contribution in [3.63, 3.8) is 0 Å². The van der Waals surface area contributed by atoms with E-state index in [1.807, 2.05) is 13.8 Å². The zero-order valence-corrected chi connectivity index (χ0v) is 12.9. The molecule has 2 rings (SSSR count). The van der Waals surface area contributed by atoms with E-state index in [0.29, 0.717) is 30.3 Å². The fourth-order valence-electron chi connectivity index (χ4n) is 2.21. The normalized spacial score (nSPS) is 14.1. The summed E-state index contributed by atoms with van der Waals surface area (Å²) in [7, 11) is 0. The molecule has 0 spiro atoms. The van der Waals surface area contributed by atoms with Crippen LogP contribution in [0.1, 0.15) is 37.0 Å². The van der Waals surface area contributed by atoms with E-state index < -0.39 is 5.97 Å². The molecule has 1 aromatic rings. The molecule has 0 aromatic heterocycles. The Morgan fingerprint density at radius 3 is 2.73 bits per heavy atom. The molecule has 0 bridgehead atoms. The number of amides is 1. The minimum atomic E-state index is -0.560. The zero-order valence-electron chi connectivity index (χ0n) is 12.9. The van der Waals surface area contributed by atoms with Gasteiger partial charge in [0, 0.05) is 6.04 Å². The van der Waals surface area contributed by atoms with Crippen LogP contribution in [-0.2, 0) is 9.53 Å². The number of carbonyl (C=O) groups excluding carboxylic acids is 2. The standard InChI is InChI=1S/C16H21NO5/c1-3-4-11(2)17-15(18)10-22-16(19)12-5-6-13-14(9-12)21-8-7-20-13/h5-6,9,11H,3-4,7-8,10H2,1-2H3,(H,17,18). The van der Waals surface area contributed by atoms with E-state index in [4.69, 9.17) is 14.2 Å². The van der Waals surface area contributed by atoms with Crippen molar-refractivity contribution >= 4 is 11.9 Å². The average molecular weight is 307 g/mol. The molecule has 0 saturated carbocycles. The topological polar surface area (TPSA) is 73.9 Å². The summed E-state index contributed by atoms with van der Waals surface area (Å²) in [6, 6.07) is 4.89. The van der Waals surface area contributed by atoms with Gasteiger partial charge in [-0.15, -0.1) is 0 Å². The van der Waals surface area contributed by atoms with Gasteiger partial charge in [-0.05, 0) is 31.5 Å². The SMILES string of the molecule is CCCC(C)NC(=O)COC(=O)c1ccc2c(c1)OCCO2. The third-order valence-electron chi connectivity index (χ3n) is 3.24. The molecule has 0 fully saturated rings. The van der Waals surface area contributed by atoms with Gasteiger partial charge in [0.05, 0.1) is 5.56 Å². The Hall–Kier alpha value is -2.24. The fraction of sp³-hybridized carbons (Fsp3) is 0.500. The first kappa shape index (κ1) is 16.1. The summed E-state index contributed by atoms with van der Waals surface area (Å²) in [6.45, 7) is 4.62. The Morgan fingerprint density at radius 2 is 2.00 bits per heavy atom. The number of rotatable bonds is 6. The quantitative estimate of drug-likeness (QED) is 0.813. The predicted octanol–water partition coefficient (Wildman–Crippen LogP) is 1.92. The zero-order chi connectivity index (χ0) is 15.9. The number of fused-ring (bicyclic) bond motifs is 1. The third-order valence-corrected chi connectivity index (χ3v) is 3.24. The maximum absolute atomic E-state index is 11.9. The summed E-state index contributed by atoms with van der Waals surface area (Å²) in [5.74, 6) is 0.262. The molecule has 1 atom stereocenters. The Kier molecular flexibility index (Phi) is 5.63. The summed E-state index contributed by atoms with van der Waals surface area (Å²) in [5, 5.41) is 2.78. The molecule has 6 heteroatoms. The molecule has 1 aromatic carbocycles. The van der Waals surface area contributed by atoms with Gasteiger partial charge in [0.1, 0.15) is 13.2 Å². The molecule has 6 nitrogen and oxygen atoms in total. The van der Waals surface area contributed by atoms with Crippen molar-refractivity contribution in [2.75, 3.05) is 19.8 Å². The van der Waals surface area contributed by atoms with E-state index in [-0.39, 0.29) is 18.6 Å². The molecule has 1 N–H and O–H groups in total. The van der Waals surface area contributed by atoms with Crippen LogP contribution in [0.15, 0.2) is 18.2 Å². The van der Waals surface area contributed by atoms with Gasteiger partial charge in [0.15, 0.2) is 18.1 Å². The number of hydrogen-bond donors (Lipinski definition) is 1. The summed E-state index contributed by atoms with van der Waals surface area (Å²) in [4.78, 5) is 23.6. The summed E-state index contributed by atoms with van der Waals surface area (Å²) in [6.07, 6.45) is 1.88. The second-order valence-electron chi connectivity index (χ2n) is 5.19. The van der Waals surface area contributed by atoms with Gasteiger partial charge in [0.25, 0.3) is 5.91 Å². The van der Waals surface area contributed by atoms with Gasteiger partial charge in [-0.1, -0.05) is 13.3 Å². The molecule has 1 aliphatic heterocycles. The Bertz CT molecular complexity index is 543. The number of hydrogen-bond acceptors (Lipinski definition) is 5. The lowest BCUT2D eigenvalue weighted by molar-refractivity contribution is -0.124. The van der Waals surface area contributed by atoms with Crippen molar-refractivity contribution < 1.29 is 23.8 Å². The lowest BCUT2D eigenvalue weighted by Crippen LogP contribution is -2.35. The molecule has 1 aliphatic rings. The van der Waals surface area contributed by atoms with E-state index in [1.165, 1.54) is 0 Å². The highest BCUT2D eigenvalue weighted by molar-refractivity contribution is 5.92. The molecule has 0 saturated heterocycles. The van der Waals surface area contributed by atoms with Gasteiger partial charge < -0.3 is 19.5 Å². The Morgan fingerprint density at radius 1 is 1.27 bits per heavy atom. The van der Waals surface area contributed by atoms with Crippen LogP contribution in [0.5, 0.6) is 11.5 Å². The lowest BCUT2D eigenvalue weighted by Gasteiger charge is -2.18. The number of esters is 1. The first-order valence-corrected chi connectivity index (χ1v) is 7.46. The van der Waals surface area contributed by atoms with Crippen LogP contribution < -0.4 is 14.8 Å². The van der Waals surface area contributed by atoms with E-state index in [0.717, 1.165) is 12.8 Å². The molecular formula is C16H21NO5. The van der Waals surface area contributed by atoms with E-state index in [9.17, 15) is 9.59 Å². The highest BCUT2D eigenvalue weighted by Gasteiger charge is 2.17. The van der Waals surface area contributed by atoms with Crippen LogP contribution in [-0.4, -0.2) is 37.7 Å². The molecule has 0 radical (unpaired) electrons. The van der Waals surface area contributed by atoms with Crippen molar-refractivity contribution in [2.24, 2.45) is 0 Å². The highest BCUT2D eigenvalue weighted by Crippen LogP contribution is 2.30. The lowest BCUT2D eigenvalue weighted by atomic mass is 10.2. The van der Waals surface area contributed by atoms with Crippen molar-refractivity contribution in [2.45, 2.75) is 32.7 Å². The first-order chi connectivity index (χ1) is 10.6. The van der Waals surface area contributed by atoms with E-state index in [2.05, 4.69) is 5.32 Å². The molecule has 120 valence electrons. The largest absolute Gasteiger partial charge is 0.486 e. The molecule has 1 unspecified atom stereocenters. The number of ether oxygens (including phenoxy) is 3. The summed E-state index contributed by atoms with van der Waals surface area (Å²) < 4.78 is 15.8. The van der Waals surface area contributed by atoms with E-state index >= 15 is 0 Å². The van der Waals surface area contributed by atoms with Crippen molar-refractivity contribution in [1.29, 1.82) is 0 Å². The molecule has 1 heterocycles. The monoisotopic (exact) mass is 307 g/mol. The summed E-state index contributed by atoms with van der Waals surface area (Å²) >= 11 is 0. The van der Waals surface area contributed by atoms with Gasteiger partial charge in [-0.3, -0.25) is 4.79 Å². The van der Waals surface area contributed by atoms with E-state index in [1.54, 1.807) is 18.2 Å². The minimum absolute atomic E-state index is 0.0745. The van der Waals surface area contributed by atoms with Crippen LogP contribution in [0.25, 0.3) is 0 Å². The average Bonchev–Trinajstić information content (AvgIpc) is 2.52.